The zero-order valence-electron chi connectivity index (χ0n) is 16.7. The lowest BCUT2D eigenvalue weighted by Crippen LogP contribution is -2.01. The molecule has 1 aromatic heterocycles. The maximum absolute atomic E-state index is 5.98. The van der Waals surface area contributed by atoms with Crippen molar-refractivity contribution in [3.63, 3.8) is 0 Å². The van der Waals surface area contributed by atoms with Crippen molar-refractivity contribution < 1.29 is 9.47 Å². The summed E-state index contributed by atoms with van der Waals surface area (Å²) >= 11 is 3.58. The van der Waals surface area contributed by atoms with Gasteiger partial charge in [-0.1, -0.05) is 42.5 Å². The van der Waals surface area contributed by atoms with Gasteiger partial charge in [0.2, 0.25) is 5.95 Å². The first kappa shape index (κ1) is 20.0. The number of nitrogens with zero attached hydrogens (tertiary/aromatic N) is 3. The van der Waals surface area contributed by atoms with Crippen molar-refractivity contribution in [2.75, 3.05) is 12.5 Å². The summed E-state index contributed by atoms with van der Waals surface area (Å²) in [5, 5.41) is 4.33. The highest BCUT2D eigenvalue weighted by atomic mass is 79.9. The third kappa shape index (κ3) is 4.31. The van der Waals surface area contributed by atoms with Crippen LogP contribution < -0.4 is 14.9 Å². The van der Waals surface area contributed by atoms with Crippen molar-refractivity contribution in [1.29, 1.82) is 0 Å². The number of anilines is 1. The summed E-state index contributed by atoms with van der Waals surface area (Å²) in [4.78, 5) is 4.55. The van der Waals surface area contributed by atoms with Gasteiger partial charge in [-0.05, 0) is 51.3 Å². The number of methoxy groups -OCH3 is 1. The lowest BCUT2D eigenvalue weighted by atomic mass is 10.2. The highest BCUT2D eigenvalue weighted by Gasteiger charge is 2.12. The van der Waals surface area contributed by atoms with Crippen LogP contribution in [0.5, 0.6) is 11.5 Å². The molecule has 0 saturated carbocycles. The van der Waals surface area contributed by atoms with Crippen molar-refractivity contribution in [2.24, 2.45) is 12.1 Å². The van der Waals surface area contributed by atoms with Crippen molar-refractivity contribution in [3.05, 3.63) is 82.3 Å². The minimum absolute atomic E-state index is 0.456. The van der Waals surface area contributed by atoms with E-state index in [1.165, 1.54) is 0 Å². The average Bonchev–Trinajstić information content (AvgIpc) is 3.09. The molecule has 0 fully saturated rings. The first-order chi connectivity index (χ1) is 14.7. The number of fused-ring (bicyclic) bond motifs is 1. The average molecular weight is 465 g/mol. The van der Waals surface area contributed by atoms with Gasteiger partial charge in [0.15, 0.2) is 11.5 Å². The summed E-state index contributed by atoms with van der Waals surface area (Å²) in [6, 6.07) is 21.8. The fourth-order valence-corrected chi connectivity index (χ4v) is 3.67. The quantitative estimate of drug-likeness (QED) is 0.295. The van der Waals surface area contributed by atoms with Gasteiger partial charge in [-0.15, -0.1) is 0 Å². The van der Waals surface area contributed by atoms with Gasteiger partial charge in [-0.25, -0.2) is 10.4 Å². The lowest BCUT2D eigenvalue weighted by Gasteiger charge is -2.13. The first-order valence-corrected chi connectivity index (χ1v) is 10.2. The predicted molar refractivity (Wildman–Crippen MR) is 123 cm³/mol. The van der Waals surface area contributed by atoms with Gasteiger partial charge in [0.05, 0.1) is 28.8 Å². The molecule has 152 valence electrons. The number of aryl methyl sites for hydroxylation is 1. The molecule has 0 radical (unpaired) electrons. The summed E-state index contributed by atoms with van der Waals surface area (Å²) in [5.41, 5.74) is 6.91. The number of halogens is 1. The number of aromatic nitrogens is 2. The van der Waals surface area contributed by atoms with Gasteiger partial charge in [-0.2, -0.15) is 5.10 Å². The normalized spacial score (nSPS) is 11.2. The molecule has 0 amide bonds. The molecule has 1 N–H and O–H groups in total. The second-order valence-electron chi connectivity index (χ2n) is 6.66. The highest BCUT2D eigenvalue weighted by molar-refractivity contribution is 9.10. The number of hydrogen-bond donors (Lipinski definition) is 1. The Bertz CT molecular complexity index is 1190. The molecule has 30 heavy (non-hydrogen) atoms. The second-order valence-corrected chi connectivity index (χ2v) is 7.52. The van der Waals surface area contributed by atoms with Crippen molar-refractivity contribution in [3.8, 4) is 11.5 Å². The van der Waals surface area contributed by atoms with Crippen molar-refractivity contribution in [2.45, 2.75) is 6.61 Å². The number of hydrogen-bond acceptors (Lipinski definition) is 5. The van der Waals surface area contributed by atoms with E-state index in [0.29, 0.717) is 24.1 Å². The Morgan fingerprint density at radius 3 is 2.63 bits per heavy atom. The molecule has 0 saturated heterocycles. The molecule has 0 aliphatic carbocycles. The van der Waals surface area contributed by atoms with Gasteiger partial charge >= 0.3 is 0 Å². The summed E-state index contributed by atoms with van der Waals surface area (Å²) < 4.78 is 14.3. The molecule has 0 atom stereocenters. The van der Waals surface area contributed by atoms with Crippen LogP contribution in [0.25, 0.3) is 11.0 Å². The number of imidazole rings is 1. The second kappa shape index (κ2) is 9.00. The summed E-state index contributed by atoms with van der Waals surface area (Å²) in [7, 11) is 3.57. The zero-order chi connectivity index (χ0) is 20.9. The zero-order valence-corrected chi connectivity index (χ0v) is 18.3. The molecule has 0 aliphatic rings. The Balaban J connectivity index is 1.50. The Morgan fingerprint density at radius 1 is 1.10 bits per heavy atom. The minimum Gasteiger partial charge on any atom is -0.493 e. The fourth-order valence-electron chi connectivity index (χ4n) is 3.09. The molecule has 6 nitrogen and oxygen atoms in total. The first-order valence-electron chi connectivity index (χ1n) is 9.40. The maximum Gasteiger partial charge on any atom is 0.224 e. The van der Waals surface area contributed by atoms with Crippen LogP contribution in [0.1, 0.15) is 11.1 Å². The van der Waals surface area contributed by atoms with E-state index in [9.17, 15) is 0 Å². The van der Waals surface area contributed by atoms with Crippen LogP contribution in [0.2, 0.25) is 0 Å². The number of hydrazone groups is 1. The van der Waals surface area contributed by atoms with Crippen LogP contribution in [-0.4, -0.2) is 22.9 Å². The van der Waals surface area contributed by atoms with E-state index in [-0.39, 0.29) is 0 Å². The summed E-state index contributed by atoms with van der Waals surface area (Å²) in [6.45, 7) is 0.456. The molecule has 0 unspecified atom stereocenters. The molecule has 0 bridgehead atoms. The SMILES string of the molecule is COc1cc(/C=N\Nc2nc3ccccc3n2C)cc(Br)c1OCc1ccccc1. The molecule has 4 aromatic rings. The van der Waals surface area contributed by atoms with E-state index < -0.39 is 0 Å². The van der Waals surface area contributed by atoms with Gasteiger partial charge in [-0.3, -0.25) is 0 Å². The van der Waals surface area contributed by atoms with Crippen LogP contribution >= 0.6 is 15.9 Å². The van der Waals surface area contributed by atoms with Crippen LogP contribution in [0.15, 0.2) is 76.3 Å². The van der Waals surface area contributed by atoms with E-state index >= 15 is 0 Å². The van der Waals surface area contributed by atoms with Crippen molar-refractivity contribution >= 4 is 39.1 Å². The number of rotatable bonds is 7. The third-order valence-electron chi connectivity index (χ3n) is 4.64. The van der Waals surface area contributed by atoms with Gasteiger partial charge in [0, 0.05) is 7.05 Å². The molecular formula is C23H21BrN4O2. The molecule has 3 aromatic carbocycles. The van der Waals surface area contributed by atoms with E-state index in [0.717, 1.165) is 26.6 Å². The van der Waals surface area contributed by atoms with Gasteiger partial charge in [0.25, 0.3) is 0 Å². The molecule has 1 heterocycles. The molecular weight excluding hydrogens is 444 g/mol. The van der Waals surface area contributed by atoms with Crippen LogP contribution in [0, 0.1) is 0 Å². The Morgan fingerprint density at radius 2 is 1.87 bits per heavy atom. The molecule has 0 spiro atoms. The number of ether oxygens (including phenoxy) is 2. The predicted octanol–water partition coefficient (Wildman–Crippen LogP) is 5.37. The lowest BCUT2D eigenvalue weighted by molar-refractivity contribution is 0.282. The smallest absolute Gasteiger partial charge is 0.224 e. The van der Waals surface area contributed by atoms with E-state index in [4.69, 9.17) is 9.47 Å². The van der Waals surface area contributed by atoms with Crippen molar-refractivity contribution in [1.82, 2.24) is 9.55 Å². The summed E-state index contributed by atoms with van der Waals surface area (Å²) in [6.07, 6.45) is 1.72. The van der Waals surface area contributed by atoms with Crippen LogP contribution in [0.3, 0.4) is 0 Å². The minimum atomic E-state index is 0.456. The van der Waals surface area contributed by atoms with Gasteiger partial charge < -0.3 is 14.0 Å². The van der Waals surface area contributed by atoms with Gasteiger partial charge in [0.1, 0.15) is 6.61 Å². The van der Waals surface area contributed by atoms with Crippen LogP contribution in [0.4, 0.5) is 5.95 Å². The fraction of sp³-hybridized carbons (Fsp3) is 0.130. The highest BCUT2D eigenvalue weighted by Crippen LogP contribution is 2.36. The van der Waals surface area contributed by atoms with E-state index in [1.54, 1.807) is 13.3 Å². The topological polar surface area (TPSA) is 60.7 Å². The number of para-hydroxylation sites is 2. The van der Waals surface area contributed by atoms with E-state index in [2.05, 4.69) is 31.4 Å². The Kier molecular flexibility index (Phi) is 5.99. The monoisotopic (exact) mass is 464 g/mol. The third-order valence-corrected chi connectivity index (χ3v) is 5.23. The standard InChI is InChI=1S/C23H21BrN4O2/c1-28-20-11-7-6-10-19(20)26-23(28)27-25-14-17-12-18(24)22(21(13-17)29-2)30-15-16-8-4-3-5-9-16/h3-14H,15H2,1-2H3,(H,26,27)/b25-14-. The Labute approximate surface area is 183 Å². The molecule has 4 rings (SSSR count). The number of nitrogens with one attached hydrogen (secondary N) is 1. The van der Waals surface area contributed by atoms with E-state index in [1.807, 2.05) is 78.3 Å². The van der Waals surface area contributed by atoms with Crippen LogP contribution in [-0.2, 0) is 13.7 Å². The largest absolute Gasteiger partial charge is 0.493 e. The molecule has 7 heteroatoms. The Hall–Kier alpha value is -3.32. The summed E-state index contributed by atoms with van der Waals surface area (Å²) in [5.74, 6) is 1.95. The maximum atomic E-state index is 5.98. The number of benzene rings is 3. The molecule has 0 aliphatic heterocycles.